The molecule has 1 aromatic heterocycles. The lowest BCUT2D eigenvalue weighted by Crippen LogP contribution is -2.38. The zero-order valence-corrected chi connectivity index (χ0v) is 5.42. The van der Waals surface area contributed by atoms with Crippen LogP contribution in [0.1, 0.15) is 0 Å². The van der Waals surface area contributed by atoms with Gasteiger partial charge in [-0.2, -0.15) is 5.10 Å². The number of rotatable bonds is 0. The Hall–Kier alpha value is -1.60. The smallest absolute Gasteiger partial charge is 0.271 e. The normalized spacial score (nSPS) is 11.6. The molecule has 0 amide bonds. The standard InChI is InChI=1S/C4H2F3N3O2/c5-4(6,7)10-3(12)9-2(11)1-8-10/h1H,(H,9,11,12). The Labute approximate surface area is 62.5 Å². The highest BCUT2D eigenvalue weighted by molar-refractivity contribution is 4.70. The van der Waals surface area contributed by atoms with Crippen molar-refractivity contribution in [2.45, 2.75) is 6.30 Å². The molecule has 0 aliphatic rings. The summed E-state index contributed by atoms with van der Waals surface area (Å²) in [4.78, 5) is 22.1. The largest absolute Gasteiger partial charge is 0.508 e. The van der Waals surface area contributed by atoms with E-state index in [9.17, 15) is 22.8 Å². The number of H-pyrrole nitrogens is 1. The van der Waals surface area contributed by atoms with Gasteiger partial charge in [-0.05, 0) is 0 Å². The molecule has 1 aromatic rings. The Bertz CT molecular complexity index is 390. The van der Waals surface area contributed by atoms with E-state index in [-0.39, 0.29) is 0 Å². The molecule has 8 heteroatoms. The van der Waals surface area contributed by atoms with Crippen LogP contribution in [0.5, 0.6) is 0 Å². The van der Waals surface area contributed by atoms with Gasteiger partial charge in [-0.3, -0.25) is 9.78 Å². The van der Waals surface area contributed by atoms with Crippen molar-refractivity contribution in [3.8, 4) is 0 Å². The predicted molar refractivity (Wildman–Crippen MR) is 30.4 cm³/mol. The van der Waals surface area contributed by atoms with Gasteiger partial charge in [0.05, 0.1) is 0 Å². The number of nitrogens with zero attached hydrogens (tertiary/aromatic N) is 2. The summed E-state index contributed by atoms with van der Waals surface area (Å²) in [6.45, 7) is 0. The third-order valence-electron chi connectivity index (χ3n) is 0.953. The van der Waals surface area contributed by atoms with E-state index in [0.29, 0.717) is 6.20 Å². The van der Waals surface area contributed by atoms with Crippen LogP contribution in [0.15, 0.2) is 15.8 Å². The van der Waals surface area contributed by atoms with Crippen molar-refractivity contribution in [1.29, 1.82) is 0 Å². The molecule has 0 fully saturated rings. The van der Waals surface area contributed by atoms with Crippen molar-refractivity contribution >= 4 is 0 Å². The zero-order chi connectivity index (χ0) is 9.35. The van der Waals surface area contributed by atoms with Crippen molar-refractivity contribution in [2.24, 2.45) is 0 Å². The summed E-state index contributed by atoms with van der Waals surface area (Å²) in [5.74, 6) is 0. The summed E-state index contributed by atoms with van der Waals surface area (Å²) < 4.78 is 34.5. The van der Waals surface area contributed by atoms with Crippen LogP contribution in [-0.2, 0) is 6.30 Å². The average molecular weight is 181 g/mol. The highest BCUT2D eigenvalue weighted by Crippen LogP contribution is 2.16. The fourth-order valence-corrected chi connectivity index (χ4v) is 0.534. The molecule has 0 radical (unpaired) electrons. The van der Waals surface area contributed by atoms with Gasteiger partial charge in [0.15, 0.2) is 0 Å². The number of aromatic nitrogens is 3. The SMILES string of the molecule is O=c1cnn(C(F)(F)F)c(=O)[nH]1. The highest BCUT2D eigenvalue weighted by atomic mass is 19.4. The van der Waals surface area contributed by atoms with E-state index in [2.05, 4.69) is 5.10 Å². The first-order chi connectivity index (χ1) is 5.41. The Morgan fingerprint density at radius 1 is 1.42 bits per heavy atom. The van der Waals surface area contributed by atoms with Gasteiger partial charge < -0.3 is 0 Å². The molecule has 0 aliphatic carbocycles. The maximum absolute atomic E-state index is 11.8. The van der Waals surface area contributed by atoms with Gasteiger partial charge in [0, 0.05) is 0 Å². The summed E-state index contributed by atoms with van der Waals surface area (Å²) in [5.41, 5.74) is -2.57. The van der Waals surface area contributed by atoms with Crippen molar-refractivity contribution in [3.05, 3.63) is 27.0 Å². The summed E-state index contributed by atoms with van der Waals surface area (Å²) in [6, 6.07) is 0. The van der Waals surface area contributed by atoms with E-state index in [0.717, 1.165) is 0 Å². The third-order valence-corrected chi connectivity index (χ3v) is 0.953. The molecule has 12 heavy (non-hydrogen) atoms. The van der Waals surface area contributed by atoms with Gasteiger partial charge in [-0.1, -0.05) is 0 Å². The van der Waals surface area contributed by atoms with E-state index in [1.165, 1.54) is 4.98 Å². The molecule has 0 bridgehead atoms. The van der Waals surface area contributed by atoms with E-state index in [4.69, 9.17) is 0 Å². The van der Waals surface area contributed by atoms with Crippen LogP contribution in [0.2, 0.25) is 0 Å². The van der Waals surface area contributed by atoms with Crippen molar-refractivity contribution < 1.29 is 13.2 Å². The molecule has 0 spiro atoms. The third kappa shape index (κ3) is 1.52. The van der Waals surface area contributed by atoms with Gasteiger partial charge in [0.2, 0.25) is 0 Å². The second-order valence-electron chi connectivity index (χ2n) is 1.82. The first-order valence-electron chi connectivity index (χ1n) is 2.67. The highest BCUT2D eigenvalue weighted by Gasteiger charge is 2.33. The number of nitrogens with one attached hydrogen (secondary N) is 1. The quantitative estimate of drug-likeness (QED) is 0.581. The minimum absolute atomic E-state index is 0.370. The van der Waals surface area contributed by atoms with Gasteiger partial charge in [0.25, 0.3) is 5.56 Å². The van der Waals surface area contributed by atoms with Gasteiger partial charge >= 0.3 is 12.0 Å². The molecule has 0 atom stereocenters. The number of aromatic amines is 1. The molecular weight excluding hydrogens is 179 g/mol. The molecule has 66 valence electrons. The predicted octanol–water partition coefficient (Wildman–Crippen LogP) is -0.592. The van der Waals surface area contributed by atoms with Crippen LogP contribution in [0.25, 0.3) is 0 Å². The monoisotopic (exact) mass is 181 g/mol. The lowest BCUT2D eigenvalue weighted by Gasteiger charge is -2.04. The van der Waals surface area contributed by atoms with Crippen LogP contribution in [-0.4, -0.2) is 14.8 Å². The van der Waals surface area contributed by atoms with Gasteiger partial charge in [-0.25, -0.2) is 4.79 Å². The summed E-state index contributed by atoms with van der Waals surface area (Å²) in [7, 11) is 0. The minimum Gasteiger partial charge on any atom is -0.271 e. The minimum atomic E-state index is -4.90. The Balaban J connectivity index is 3.39. The summed E-state index contributed by atoms with van der Waals surface area (Å²) >= 11 is 0. The molecule has 0 aliphatic heterocycles. The maximum Gasteiger partial charge on any atom is 0.508 e. The molecule has 5 nitrogen and oxygen atoms in total. The summed E-state index contributed by atoms with van der Waals surface area (Å²) in [5, 5.41) is 2.58. The van der Waals surface area contributed by atoms with Crippen molar-refractivity contribution in [3.63, 3.8) is 0 Å². The average Bonchev–Trinajstić information content (AvgIpc) is 1.83. The molecular formula is C4H2F3N3O2. The summed E-state index contributed by atoms with van der Waals surface area (Å²) in [6.07, 6.45) is -4.53. The maximum atomic E-state index is 11.8. The van der Waals surface area contributed by atoms with Gasteiger partial charge in [0.1, 0.15) is 6.20 Å². The molecule has 1 N–H and O–H groups in total. The molecule has 1 heterocycles. The first-order valence-corrected chi connectivity index (χ1v) is 2.67. The second kappa shape index (κ2) is 2.47. The van der Waals surface area contributed by atoms with E-state index in [1.54, 1.807) is 0 Å². The number of halogens is 3. The lowest BCUT2D eigenvalue weighted by molar-refractivity contribution is -0.216. The van der Waals surface area contributed by atoms with Crippen LogP contribution in [0, 0.1) is 0 Å². The fraction of sp³-hybridized carbons (Fsp3) is 0.250. The number of hydrogen-bond acceptors (Lipinski definition) is 3. The number of alkyl halides is 3. The Morgan fingerprint density at radius 2 is 2.00 bits per heavy atom. The first kappa shape index (κ1) is 8.50. The molecule has 0 saturated carbocycles. The van der Waals surface area contributed by atoms with E-state index >= 15 is 0 Å². The molecule has 0 unspecified atom stereocenters. The van der Waals surface area contributed by atoms with E-state index in [1.807, 2.05) is 0 Å². The second-order valence-corrected chi connectivity index (χ2v) is 1.82. The number of hydrogen-bond donors (Lipinski definition) is 1. The fourth-order valence-electron chi connectivity index (χ4n) is 0.534. The topological polar surface area (TPSA) is 67.8 Å². The Morgan fingerprint density at radius 3 is 2.42 bits per heavy atom. The van der Waals surface area contributed by atoms with Gasteiger partial charge in [-0.15, -0.1) is 17.9 Å². The van der Waals surface area contributed by atoms with Crippen LogP contribution < -0.4 is 11.2 Å². The van der Waals surface area contributed by atoms with Crippen molar-refractivity contribution in [1.82, 2.24) is 14.8 Å². The van der Waals surface area contributed by atoms with E-state index < -0.39 is 22.2 Å². The van der Waals surface area contributed by atoms with Crippen molar-refractivity contribution in [2.75, 3.05) is 0 Å². The molecule has 1 rings (SSSR count). The lowest BCUT2D eigenvalue weighted by atomic mass is 10.8. The molecule has 0 aromatic carbocycles. The van der Waals surface area contributed by atoms with Crippen LogP contribution in [0.4, 0.5) is 13.2 Å². The Kier molecular flexibility index (Phi) is 1.75. The zero-order valence-electron chi connectivity index (χ0n) is 5.42. The molecule has 0 saturated heterocycles. The van der Waals surface area contributed by atoms with Crippen LogP contribution in [0.3, 0.4) is 0 Å². The van der Waals surface area contributed by atoms with Crippen LogP contribution >= 0.6 is 0 Å².